The molecule has 2 aliphatic carbocycles. The van der Waals surface area contributed by atoms with Gasteiger partial charge in [-0.25, -0.2) is 0 Å². The predicted octanol–water partition coefficient (Wildman–Crippen LogP) is 4.38. The first kappa shape index (κ1) is 13.1. The first-order valence-electron chi connectivity index (χ1n) is 8.19. The van der Waals surface area contributed by atoms with Crippen molar-refractivity contribution >= 4 is 10.8 Å². The fraction of sp³-hybridized carbons (Fsp3) is 0.474. The summed E-state index contributed by atoms with van der Waals surface area (Å²) < 4.78 is 0. The number of benzene rings is 2. The fourth-order valence-electron chi connectivity index (χ4n) is 4.48. The van der Waals surface area contributed by atoms with Crippen LogP contribution in [0.15, 0.2) is 36.4 Å². The molecule has 4 unspecified atom stereocenters. The number of rotatable bonds is 3. The zero-order valence-electron chi connectivity index (χ0n) is 12.5. The third-order valence-corrected chi connectivity index (χ3v) is 5.60. The van der Waals surface area contributed by atoms with E-state index in [1.165, 1.54) is 25.7 Å². The quantitative estimate of drug-likeness (QED) is 0.874. The molecule has 4 atom stereocenters. The minimum absolute atomic E-state index is 0.207. The molecule has 2 heteroatoms. The van der Waals surface area contributed by atoms with Crippen LogP contribution in [0.3, 0.4) is 0 Å². The van der Waals surface area contributed by atoms with E-state index in [9.17, 15) is 5.11 Å². The number of phenolic OH excluding ortho intramolecular Hbond substituents is 1. The fourth-order valence-corrected chi connectivity index (χ4v) is 4.48. The van der Waals surface area contributed by atoms with E-state index >= 15 is 0 Å². The van der Waals surface area contributed by atoms with Crippen LogP contribution in [0, 0.1) is 11.8 Å². The molecule has 2 saturated carbocycles. The summed E-state index contributed by atoms with van der Waals surface area (Å²) in [6, 6.07) is 13.1. The van der Waals surface area contributed by atoms with Gasteiger partial charge in [-0.15, -0.1) is 0 Å². The predicted molar refractivity (Wildman–Crippen MR) is 86.4 cm³/mol. The Bertz CT molecular complexity index is 666. The number of fused-ring (bicyclic) bond motifs is 3. The smallest absolute Gasteiger partial charge is 0.128 e. The van der Waals surface area contributed by atoms with Crippen LogP contribution in [-0.2, 0) is 0 Å². The maximum atomic E-state index is 10.6. The summed E-state index contributed by atoms with van der Waals surface area (Å²) in [5, 5.41) is 16.4. The van der Waals surface area contributed by atoms with Crippen LogP contribution in [-0.4, -0.2) is 11.1 Å². The second-order valence-electron chi connectivity index (χ2n) is 6.89. The van der Waals surface area contributed by atoms with Gasteiger partial charge in [-0.1, -0.05) is 42.8 Å². The Morgan fingerprint density at radius 3 is 2.71 bits per heavy atom. The summed E-state index contributed by atoms with van der Waals surface area (Å²) in [5.74, 6) is 2.25. The van der Waals surface area contributed by atoms with E-state index in [2.05, 4.69) is 24.4 Å². The topological polar surface area (TPSA) is 32.3 Å². The molecule has 0 saturated heterocycles. The van der Waals surface area contributed by atoms with Gasteiger partial charge in [-0.2, -0.15) is 0 Å². The van der Waals surface area contributed by atoms with Crippen LogP contribution in [0.5, 0.6) is 5.75 Å². The Hall–Kier alpha value is -1.54. The molecule has 2 aromatic carbocycles. The van der Waals surface area contributed by atoms with Gasteiger partial charge in [0, 0.05) is 23.0 Å². The van der Waals surface area contributed by atoms with Gasteiger partial charge < -0.3 is 10.4 Å². The SMILES string of the molecule is CC(NC1CC2CCC1C2)c1ccc2ccccc2c1O. The second kappa shape index (κ2) is 5.03. The molecule has 110 valence electrons. The molecule has 0 aliphatic heterocycles. The highest BCUT2D eigenvalue weighted by atomic mass is 16.3. The largest absolute Gasteiger partial charge is 0.507 e. The summed E-state index contributed by atoms with van der Waals surface area (Å²) >= 11 is 0. The lowest BCUT2D eigenvalue weighted by Gasteiger charge is -2.27. The summed E-state index contributed by atoms with van der Waals surface area (Å²) in [7, 11) is 0. The number of hydrogen-bond acceptors (Lipinski definition) is 2. The molecule has 2 N–H and O–H groups in total. The number of phenols is 1. The van der Waals surface area contributed by atoms with Crippen molar-refractivity contribution in [2.45, 2.75) is 44.7 Å². The van der Waals surface area contributed by atoms with Crippen LogP contribution in [0.25, 0.3) is 10.8 Å². The molecular formula is C19H23NO. The lowest BCUT2D eigenvalue weighted by Crippen LogP contribution is -2.35. The van der Waals surface area contributed by atoms with E-state index in [1.54, 1.807) is 0 Å². The van der Waals surface area contributed by atoms with E-state index in [0.29, 0.717) is 11.8 Å². The Balaban J connectivity index is 1.59. The third-order valence-electron chi connectivity index (χ3n) is 5.60. The van der Waals surface area contributed by atoms with Crippen molar-refractivity contribution in [1.29, 1.82) is 0 Å². The maximum absolute atomic E-state index is 10.6. The van der Waals surface area contributed by atoms with Gasteiger partial charge in [0.1, 0.15) is 5.75 Å². The number of aromatic hydroxyl groups is 1. The van der Waals surface area contributed by atoms with Crippen molar-refractivity contribution in [3.8, 4) is 5.75 Å². The Morgan fingerprint density at radius 1 is 1.10 bits per heavy atom. The molecule has 4 rings (SSSR count). The molecule has 0 spiro atoms. The molecule has 2 bridgehead atoms. The van der Waals surface area contributed by atoms with Crippen LogP contribution < -0.4 is 5.32 Å². The van der Waals surface area contributed by atoms with E-state index < -0.39 is 0 Å². The van der Waals surface area contributed by atoms with Gasteiger partial charge in [0.2, 0.25) is 0 Å². The Labute approximate surface area is 126 Å². The zero-order valence-corrected chi connectivity index (χ0v) is 12.5. The van der Waals surface area contributed by atoms with Crippen molar-refractivity contribution in [3.05, 3.63) is 42.0 Å². The Morgan fingerprint density at radius 2 is 1.95 bits per heavy atom. The molecule has 2 nitrogen and oxygen atoms in total. The van der Waals surface area contributed by atoms with Crippen molar-refractivity contribution < 1.29 is 5.11 Å². The molecule has 2 aliphatic rings. The van der Waals surface area contributed by atoms with Gasteiger partial charge in [0.05, 0.1) is 0 Å². The summed E-state index contributed by atoms with van der Waals surface area (Å²) in [4.78, 5) is 0. The highest BCUT2D eigenvalue weighted by Crippen LogP contribution is 2.45. The average Bonchev–Trinajstić information content (AvgIpc) is 3.10. The first-order chi connectivity index (χ1) is 10.2. The molecule has 0 radical (unpaired) electrons. The van der Waals surface area contributed by atoms with Crippen molar-refractivity contribution in [3.63, 3.8) is 0 Å². The minimum atomic E-state index is 0.207. The van der Waals surface area contributed by atoms with Gasteiger partial charge in [-0.3, -0.25) is 0 Å². The van der Waals surface area contributed by atoms with Crippen molar-refractivity contribution in [2.75, 3.05) is 0 Å². The highest BCUT2D eigenvalue weighted by Gasteiger charge is 2.39. The summed E-state index contributed by atoms with van der Waals surface area (Å²) in [6.45, 7) is 2.18. The lowest BCUT2D eigenvalue weighted by atomic mass is 9.93. The van der Waals surface area contributed by atoms with Gasteiger partial charge in [0.15, 0.2) is 0 Å². The van der Waals surface area contributed by atoms with Crippen LogP contribution in [0.2, 0.25) is 0 Å². The van der Waals surface area contributed by atoms with Crippen LogP contribution in [0.4, 0.5) is 0 Å². The van der Waals surface area contributed by atoms with E-state index in [1.807, 2.05) is 24.3 Å². The van der Waals surface area contributed by atoms with Crippen molar-refractivity contribution in [2.24, 2.45) is 11.8 Å². The molecule has 0 amide bonds. The third kappa shape index (κ3) is 2.22. The van der Waals surface area contributed by atoms with Crippen molar-refractivity contribution in [1.82, 2.24) is 5.32 Å². The molecular weight excluding hydrogens is 258 g/mol. The van der Waals surface area contributed by atoms with E-state index in [4.69, 9.17) is 0 Å². The average molecular weight is 281 g/mol. The number of hydrogen-bond donors (Lipinski definition) is 2. The van der Waals surface area contributed by atoms with Gasteiger partial charge >= 0.3 is 0 Å². The summed E-state index contributed by atoms with van der Waals surface area (Å²) in [6.07, 6.45) is 5.55. The van der Waals surface area contributed by atoms with E-state index in [-0.39, 0.29) is 6.04 Å². The maximum Gasteiger partial charge on any atom is 0.128 e. The molecule has 2 fully saturated rings. The molecule has 0 heterocycles. The molecule has 2 aromatic rings. The summed E-state index contributed by atoms with van der Waals surface area (Å²) in [5.41, 5.74) is 1.02. The monoisotopic (exact) mass is 281 g/mol. The highest BCUT2D eigenvalue weighted by molar-refractivity contribution is 5.89. The molecule has 21 heavy (non-hydrogen) atoms. The minimum Gasteiger partial charge on any atom is -0.507 e. The second-order valence-corrected chi connectivity index (χ2v) is 6.89. The first-order valence-corrected chi connectivity index (χ1v) is 8.19. The Kier molecular flexibility index (Phi) is 3.15. The zero-order chi connectivity index (χ0) is 14.4. The lowest BCUT2D eigenvalue weighted by molar-refractivity contribution is 0.323. The number of nitrogens with one attached hydrogen (secondary N) is 1. The van der Waals surface area contributed by atoms with Crippen LogP contribution >= 0.6 is 0 Å². The van der Waals surface area contributed by atoms with Gasteiger partial charge in [-0.05, 0) is 43.4 Å². The van der Waals surface area contributed by atoms with E-state index in [0.717, 1.165) is 28.2 Å². The van der Waals surface area contributed by atoms with Crippen LogP contribution in [0.1, 0.15) is 44.2 Å². The normalized spacial score (nSPS) is 29.1. The molecule has 0 aromatic heterocycles. The standard InChI is InChI=1S/C19H23NO/c1-12(20-18-11-13-6-7-15(18)10-13)16-9-8-14-4-2-3-5-17(14)19(16)21/h2-5,8-9,12-13,15,18,20-21H,6-7,10-11H2,1H3. The van der Waals surface area contributed by atoms with Gasteiger partial charge in [0.25, 0.3) is 0 Å².